The van der Waals surface area contributed by atoms with Gasteiger partial charge in [0.2, 0.25) is 0 Å². The molecule has 3 heteroatoms. The Hall–Kier alpha value is -1.35. The first-order valence-corrected chi connectivity index (χ1v) is 5.37. The molecule has 2 heterocycles. The summed E-state index contributed by atoms with van der Waals surface area (Å²) in [5.74, 6) is 0. The van der Waals surface area contributed by atoms with Crippen LogP contribution in [-0.2, 0) is 6.42 Å². The van der Waals surface area contributed by atoms with Crippen LogP contribution < -0.4 is 5.73 Å². The molecule has 0 bridgehead atoms. The van der Waals surface area contributed by atoms with Crippen molar-refractivity contribution in [1.29, 1.82) is 0 Å². The van der Waals surface area contributed by atoms with Gasteiger partial charge in [0.25, 0.3) is 0 Å². The minimum atomic E-state index is 0.735. The molecule has 0 spiro atoms. The lowest BCUT2D eigenvalue weighted by molar-refractivity contribution is 0.796. The Kier molecular flexibility index (Phi) is 2.73. The molecule has 0 atom stereocenters. The van der Waals surface area contributed by atoms with Crippen molar-refractivity contribution < 1.29 is 0 Å². The Morgan fingerprint density at radius 3 is 2.93 bits per heavy atom. The number of hydrogen-bond donors (Lipinski definition) is 1. The third-order valence-corrected chi connectivity index (χ3v) is 2.76. The standard InChI is InChI=1S/C12H17N3/c1-9-5-4-8-15-11(6-3-7-13)10(2)14-12(9)15/h4-5,8H,3,6-7,13H2,1-2H3. The Bertz CT molecular complexity index is 471. The van der Waals surface area contributed by atoms with E-state index in [0.29, 0.717) is 0 Å². The SMILES string of the molecule is Cc1nc2c(C)cccn2c1CCCN. The number of aromatic nitrogens is 2. The van der Waals surface area contributed by atoms with E-state index in [1.165, 1.54) is 11.3 Å². The molecule has 0 unspecified atom stereocenters. The minimum Gasteiger partial charge on any atom is -0.330 e. The largest absolute Gasteiger partial charge is 0.330 e. The molecule has 0 saturated heterocycles. The van der Waals surface area contributed by atoms with Crippen molar-refractivity contribution in [1.82, 2.24) is 9.38 Å². The van der Waals surface area contributed by atoms with Crippen molar-refractivity contribution in [3.8, 4) is 0 Å². The summed E-state index contributed by atoms with van der Waals surface area (Å²) in [5, 5.41) is 0. The summed E-state index contributed by atoms with van der Waals surface area (Å²) in [4.78, 5) is 4.59. The lowest BCUT2D eigenvalue weighted by atomic mass is 10.2. The average Bonchev–Trinajstić information content (AvgIpc) is 2.54. The van der Waals surface area contributed by atoms with Gasteiger partial charge >= 0.3 is 0 Å². The molecular formula is C12H17N3. The van der Waals surface area contributed by atoms with Crippen molar-refractivity contribution in [2.75, 3.05) is 6.54 Å². The van der Waals surface area contributed by atoms with Crippen molar-refractivity contribution >= 4 is 5.65 Å². The van der Waals surface area contributed by atoms with Gasteiger partial charge < -0.3 is 10.1 Å². The van der Waals surface area contributed by atoms with E-state index in [1.807, 2.05) is 0 Å². The molecule has 0 amide bonds. The predicted octanol–water partition coefficient (Wildman–Crippen LogP) is 1.84. The van der Waals surface area contributed by atoms with Gasteiger partial charge in [-0.05, 0) is 44.9 Å². The number of nitrogens with two attached hydrogens (primary N) is 1. The zero-order valence-corrected chi connectivity index (χ0v) is 9.33. The zero-order valence-electron chi connectivity index (χ0n) is 9.33. The monoisotopic (exact) mass is 203 g/mol. The molecule has 2 aromatic heterocycles. The number of pyridine rings is 1. The van der Waals surface area contributed by atoms with Crippen LogP contribution in [0.3, 0.4) is 0 Å². The predicted molar refractivity (Wildman–Crippen MR) is 62.0 cm³/mol. The number of hydrogen-bond acceptors (Lipinski definition) is 2. The highest BCUT2D eigenvalue weighted by molar-refractivity contribution is 5.50. The van der Waals surface area contributed by atoms with Crippen molar-refractivity contribution in [2.45, 2.75) is 26.7 Å². The summed E-state index contributed by atoms with van der Waals surface area (Å²) in [6.07, 6.45) is 4.10. The fraction of sp³-hybridized carbons (Fsp3) is 0.417. The maximum atomic E-state index is 5.54. The third-order valence-electron chi connectivity index (χ3n) is 2.76. The van der Waals surface area contributed by atoms with Gasteiger partial charge in [0, 0.05) is 11.9 Å². The lowest BCUT2D eigenvalue weighted by Crippen LogP contribution is -2.03. The second kappa shape index (κ2) is 4.03. The maximum Gasteiger partial charge on any atom is 0.140 e. The average molecular weight is 203 g/mol. The van der Waals surface area contributed by atoms with Crippen molar-refractivity contribution in [3.63, 3.8) is 0 Å². The van der Waals surface area contributed by atoms with Crippen molar-refractivity contribution in [3.05, 3.63) is 35.3 Å². The highest BCUT2D eigenvalue weighted by Crippen LogP contribution is 2.16. The van der Waals surface area contributed by atoms with Crippen LogP contribution in [0.15, 0.2) is 18.3 Å². The van der Waals surface area contributed by atoms with Crippen LogP contribution in [0.4, 0.5) is 0 Å². The molecule has 0 aromatic carbocycles. The molecule has 0 fully saturated rings. The molecule has 0 aliphatic carbocycles. The van der Waals surface area contributed by atoms with Gasteiger partial charge in [-0.1, -0.05) is 6.07 Å². The Labute approximate surface area is 89.9 Å². The molecule has 2 rings (SSSR count). The highest BCUT2D eigenvalue weighted by Gasteiger charge is 2.08. The summed E-state index contributed by atoms with van der Waals surface area (Å²) in [6, 6.07) is 4.16. The van der Waals surface area contributed by atoms with Gasteiger partial charge in [0.1, 0.15) is 5.65 Å². The number of rotatable bonds is 3. The zero-order chi connectivity index (χ0) is 10.8. The molecule has 2 N–H and O–H groups in total. The summed E-state index contributed by atoms with van der Waals surface area (Å²) < 4.78 is 2.18. The van der Waals surface area contributed by atoms with Gasteiger partial charge in [0.15, 0.2) is 0 Å². The van der Waals surface area contributed by atoms with Crippen LogP contribution in [0.25, 0.3) is 5.65 Å². The topological polar surface area (TPSA) is 43.3 Å². The van der Waals surface area contributed by atoms with Crippen LogP contribution in [0.2, 0.25) is 0 Å². The van der Waals surface area contributed by atoms with E-state index in [1.54, 1.807) is 0 Å². The van der Waals surface area contributed by atoms with Crippen LogP contribution in [0.1, 0.15) is 23.4 Å². The van der Waals surface area contributed by atoms with Crippen LogP contribution in [0, 0.1) is 13.8 Å². The van der Waals surface area contributed by atoms with Crippen LogP contribution in [-0.4, -0.2) is 15.9 Å². The van der Waals surface area contributed by atoms with E-state index in [9.17, 15) is 0 Å². The van der Waals surface area contributed by atoms with Gasteiger partial charge in [0.05, 0.1) is 5.69 Å². The molecule has 3 nitrogen and oxygen atoms in total. The fourth-order valence-corrected chi connectivity index (χ4v) is 1.94. The van der Waals surface area contributed by atoms with E-state index in [4.69, 9.17) is 5.73 Å². The molecule has 0 aliphatic heterocycles. The molecule has 0 saturated carbocycles. The van der Waals surface area contributed by atoms with Crippen LogP contribution >= 0.6 is 0 Å². The first-order valence-electron chi connectivity index (χ1n) is 5.37. The van der Waals surface area contributed by atoms with Crippen LogP contribution in [0.5, 0.6) is 0 Å². The number of nitrogens with zero attached hydrogens (tertiary/aromatic N) is 2. The first kappa shape index (κ1) is 10.2. The molecule has 0 radical (unpaired) electrons. The Balaban J connectivity index is 2.53. The summed E-state index contributed by atoms with van der Waals surface area (Å²) >= 11 is 0. The maximum absolute atomic E-state index is 5.54. The Morgan fingerprint density at radius 2 is 2.20 bits per heavy atom. The first-order chi connectivity index (χ1) is 7.24. The highest BCUT2D eigenvalue weighted by atomic mass is 15.0. The van der Waals surface area contributed by atoms with E-state index >= 15 is 0 Å². The van der Waals surface area contributed by atoms with E-state index < -0.39 is 0 Å². The van der Waals surface area contributed by atoms with Gasteiger partial charge in [-0.25, -0.2) is 4.98 Å². The second-order valence-corrected chi connectivity index (χ2v) is 3.92. The lowest BCUT2D eigenvalue weighted by Gasteiger charge is -2.02. The summed E-state index contributed by atoms with van der Waals surface area (Å²) in [5.41, 5.74) is 10.2. The number of fused-ring (bicyclic) bond motifs is 1. The van der Waals surface area contributed by atoms with Gasteiger partial charge in [-0.2, -0.15) is 0 Å². The second-order valence-electron chi connectivity index (χ2n) is 3.92. The molecule has 80 valence electrons. The third kappa shape index (κ3) is 1.75. The van der Waals surface area contributed by atoms with E-state index in [2.05, 4.69) is 41.6 Å². The normalized spacial score (nSPS) is 11.1. The summed E-state index contributed by atoms with van der Waals surface area (Å²) in [6.45, 7) is 4.89. The quantitative estimate of drug-likeness (QED) is 0.827. The number of aryl methyl sites for hydroxylation is 3. The smallest absolute Gasteiger partial charge is 0.140 e. The van der Waals surface area contributed by atoms with E-state index in [0.717, 1.165) is 30.7 Å². The van der Waals surface area contributed by atoms with Gasteiger partial charge in [-0.15, -0.1) is 0 Å². The molecule has 0 aliphatic rings. The van der Waals surface area contributed by atoms with Gasteiger partial charge in [-0.3, -0.25) is 0 Å². The Morgan fingerprint density at radius 1 is 1.40 bits per heavy atom. The molecule has 15 heavy (non-hydrogen) atoms. The molecular weight excluding hydrogens is 186 g/mol. The summed E-state index contributed by atoms with van der Waals surface area (Å²) in [7, 11) is 0. The molecule has 2 aromatic rings. The van der Waals surface area contributed by atoms with E-state index in [-0.39, 0.29) is 0 Å². The van der Waals surface area contributed by atoms with Crippen molar-refractivity contribution in [2.24, 2.45) is 5.73 Å². The number of imidazole rings is 1. The minimum absolute atomic E-state index is 0.735. The fourth-order valence-electron chi connectivity index (χ4n) is 1.94.